The fourth-order valence-electron chi connectivity index (χ4n) is 2.36. The van der Waals surface area contributed by atoms with Gasteiger partial charge in [-0.25, -0.2) is 9.97 Å². The first-order chi connectivity index (χ1) is 8.82. The predicted octanol–water partition coefficient (Wildman–Crippen LogP) is 3.28. The van der Waals surface area contributed by atoms with E-state index < -0.39 is 12.0 Å². The fourth-order valence-corrected chi connectivity index (χ4v) is 2.36. The second kappa shape index (κ2) is 4.86. The lowest BCUT2D eigenvalue weighted by molar-refractivity contribution is -0.144. The van der Waals surface area contributed by atoms with Gasteiger partial charge in [-0.2, -0.15) is 13.2 Å². The van der Waals surface area contributed by atoms with Gasteiger partial charge in [0.1, 0.15) is 11.6 Å². The van der Waals surface area contributed by atoms with Gasteiger partial charge in [0.25, 0.3) is 0 Å². The maximum atomic E-state index is 12.7. The molecule has 19 heavy (non-hydrogen) atoms. The molecule has 0 spiro atoms. The summed E-state index contributed by atoms with van der Waals surface area (Å²) in [6, 6.07) is 1.50. The first-order valence-corrected chi connectivity index (χ1v) is 6.25. The van der Waals surface area contributed by atoms with Gasteiger partial charge in [0, 0.05) is 18.7 Å². The van der Waals surface area contributed by atoms with Gasteiger partial charge in [0.2, 0.25) is 5.82 Å². The van der Waals surface area contributed by atoms with E-state index in [4.69, 9.17) is 0 Å². The van der Waals surface area contributed by atoms with Crippen molar-refractivity contribution < 1.29 is 13.2 Å². The molecule has 1 aliphatic carbocycles. The molecule has 0 aliphatic heterocycles. The molecule has 2 N–H and O–H groups in total. The van der Waals surface area contributed by atoms with Crippen molar-refractivity contribution in [3.63, 3.8) is 0 Å². The summed E-state index contributed by atoms with van der Waals surface area (Å²) in [6.45, 7) is 2.01. The Morgan fingerprint density at radius 1 is 1.16 bits per heavy atom. The summed E-state index contributed by atoms with van der Waals surface area (Å²) in [6.07, 6.45) is -0.500. The molecular weight excluding hydrogens is 257 g/mol. The topological polar surface area (TPSA) is 49.8 Å². The molecule has 1 heterocycles. The Kier molecular flexibility index (Phi) is 3.56. The third kappa shape index (κ3) is 3.27. The van der Waals surface area contributed by atoms with Gasteiger partial charge >= 0.3 is 6.18 Å². The summed E-state index contributed by atoms with van der Waals surface area (Å²) in [5.41, 5.74) is -0.178. The van der Waals surface area contributed by atoms with Gasteiger partial charge in [-0.3, -0.25) is 0 Å². The van der Waals surface area contributed by atoms with E-state index in [9.17, 15) is 13.2 Å². The molecule has 2 rings (SSSR count). The van der Waals surface area contributed by atoms with Crippen molar-refractivity contribution in [1.82, 2.24) is 9.97 Å². The molecule has 0 amide bonds. The van der Waals surface area contributed by atoms with E-state index in [0.717, 1.165) is 25.7 Å². The van der Waals surface area contributed by atoms with E-state index in [0.29, 0.717) is 0 Å². The summed E-state index contributed by atoms with van der Waals surface area (Å²) in [4.78, 5) is 7.01. The summed E-state index contributed by atoms with van der Waals surface area (Å²) < 4.78 is 38.1. The second-order valence-corrected chi connectivity index (χ2v) is 5.10. The average molecular weight is 274 g/mol. The number of hydrogen-bond donors (Lipinski definition) is 2. The molecule has 1 saturated carbocycles. The lowest BCUT2D eigenvalue weighted by Gasteiger charge is -2.26. The van der Waals surface area contributed by atoms with Crippen LogP contribution in [0, 0.1) is 0 Å². The number of alkyl halides is 3. The van der Waals surface area contributed by atoms with Crippen molar-refractivity contribution >= 4 is 11.6 Å². The van der Waals surface area contributed by atoms with Gasteiger partial charge in [0.05, 0.1) is 0 Å². The molecule has 1 aromatic heterocycles. The maximum absolute atomic E-state index is 12.7. The van der Waals surface area contributed by atoms with Crippen LogP contribution in [0.15, 0.2) is 6.07 Å². The Morgan fingerprint density at radius 2 is 1.74 bits per heavy atom. The molecule has 0 unspecified atom stereocenters. The lowest BCUT2D eigenvalue weighted by Crippen LogP contribution is -2.31. The van der Waals surface area contributed by atoms with Crippen LogP contribution >= 0.6 is 0 Å². The van der Waals surface area contributed by atoms with E-state index in [1.54, 1.807) is 0 Å². The molecule has 1 aliphatic rings. The number of nitrogens with one attached hydrogen (secondary N) is 2. The van der Waals surface area contributed by atoms with Crippen molar-refractivity contribution in [3.05, 3.63) is 11.9 Å². The largest absolute Gasteiger partial charge is 0.451 e. The smallest absolute Gasteiger partial charge is 0.373 e. The highest BCUT2D eigenvalue weighted by molar-refractivity contribution is 5.49. The monoisotopic (exact) mass is 274 g/mol. The zero-order valence-electron chi connectivity index (χ0n) is 10.9. The van der Waals surface area contributed by atoms with Crippen molar-refractivity contribution in [2.24, 2.45) is 0 Å². The third-order valence-electron chi connectivity index (χ3n) is 3.37. The minimum atomic E-state index is -4.54. The van der Waals surface area contributed by atoms with Crippen LogP contribution in [0.2, 0.25) is 0 Å². The number of aromatic nitrogens is 2. The summed E-state index contributed by atoms with van der Waals surface area (Å²) in [5.74, 6) is -0.744. The SMILES string of the molecule is CNc1cc(NC2(C)CCCC2)nc(C(F)(F)F)n1. The zero-order valence-corrected chi connectivity index (χ0v) is 10.9. The number of rotatable bonds is 3. The van der Waals surface area contributed by atoms with E-state index in [-0.39, 0.29) is 17.2 Å². The highest BCUT2D eigenvalue weighted by atomic mass is 19.4. The van der Waals surface area contributed by atoms with E-state index in [1.165, 1.54) is 13.1 Å². The molecule has 106 valence electrons. The highest BCUT2D eigenvalue weighted by Gasteiger charge is 2.36. The van der Waals surface area contributed by atoms with Crippen molar-refractivity contribution in [2.45, 2.75) is 44.3 Å². The Labute approximate surface area is 109 Å². The normalized spacial score (nSPS) is 18.4. The summed E-state index contributed by atoms with van der Waals surface area (Å²) in [5, 5.41) is 5.74. The second-order valence-electron chi connectivity index (χ2n) is 5.10. The zero-order chi connectivity index (χ0) is 14.1. The first kappa shape index (κ1) is 13.9. The van der Waals surface area contributed by atoms with Gasteiger partial charge in [-0.05, 0) is 19.8 Å². The minimum absolute atomic E-state index is 0.159. The van der Waals surface area contributed by atoms with Crippen LogP contribution in [0.25, 0.3) is 0 Å². The van der Waals surface area contributed by atoms with E-state index >= 15 is 0 Å². The number of halogens is 3. The van der Waals surface area contributed by atoms with Gasteiger partial charge in [-0.15, -0.1) is 0 Å². The van der Waals surface area contributed by atoms with Crippen molar-refractivity contribution in [3.8, 4) is 0 Å². The van der Waals surface area contributed by atoms with Crippen molar-refractivity contribution in [1.29, 1.82) is 0 Å². The highest BCUT2D eigenvalue weighted by Crippen LogP contribution is 2.34. The standard InChI is InChI=1S/C12H17F3N4/c1-11(5-3-4-6-11)19-9-7-8(16-2)17-10(18-9)12(13,14)15/h7H,3-6H2,1-2H3,(H2,16,17,18,19). The quantitative estimate of drug-likeness (QED) is 0.888. The molecule has 0 radical (unpaired) electrons. The third-order valence-corrected chi connectivity index (χ3v) is 3.37. The van der Waals surface area contributed by atoms with Crippen LogP contribution in [-0.4, -0.2) is 22.6 Å². The Balaban J connectivity index is 2.29. The maximum Gasteiger partial charge on any atom is 0.451 e. The molecule has 0 bridgehead atoms. The molecule has 7 heteroatoms. The Bertz CT molecular complexity index is 453. The summed E-state index contributed by atoms with van der Waals surface area (Å²) >= 11 is 0. The average Bonchev–Trinajstić information content (AvgIpc) is 2.74. The number of anilines is 2. The molecule has 1 aromatic rings. The number of hydrogen-bond acceptors (Lipinski definition) is 4. The van der Waals surface area contributed by atoms with Crippen molar-refractivity contribution in [2.75, 3.05) is 17.7 Å². The van der Waals surface area contributed by atoms with Gasteiger partial charge in [0.15, 0.2) is 0 Å². The minimum Gasteiger partial charge on any atom is -0.373 e. The summed E-state index contributed by atoms with van der Waals surface area (Å²) in [7, 11) is 1.53. The van der Waals surface area contributed by atoms with Crippen LogP contribution in [-0.2, 0) is 6.18 Å². The molecule has 0 aromatic carbocycles. The van der Waals surface area contributed by atoms with Crippen LogP contribution in [0.1, 0.15) is 38.4 Å². The molecule has 0 atom stereocenters. The first-order valence-electron chi connectivity index (χ1n) is 6.25. The lowest BCUT2D eigenvalue weighted by atomic mass is 10.0. The van der Waals surface area contributed by atoms with Gasteiger partial charge < -0.3 is 10.6 Å². The Morgan fingerprint density at radius 3 is 2.26 bits per heavy atom. The van der Waals surface area contributed by atoms with Crippen LogP contribution in [0.4, 0.5) is 24.8 Å². The van der Waals surface area contributed by atoms with Crippen LogP contribution < -0.4 is 10.6 Å². The van der Waals surface area contributed by atoms with Crippen LogP contribution in [0.3, 0.4) is 0 Å². The van der Waals surface area contributed by atoms with E-state index in [2.05, 4.69) is 20.6 Å². The Hall–Kier alpha value is -1.53. The molecule has 0 saturated heterocycles. The molecule has 1 fully saturated rings. The number of nitrogens with zero attached hydrogens (tertiary/aromatic N) is 2. The van der Waals surface area contributed by atoms with Crippen LogP contribution in [0.5, 0.6) is 0 Å². The van der Waals surface area contributed by atoms with Gasteiger partial charge in [-0.1, -0.05) is 12.8 Å². The molecular formula is C12H17F3N4. The predicted molar refractivity (Wildman–Crippen MR) is 67.1 cm³/mol. The van der Waals surface area contributed by atoms with E-state index in [1.807, 2.05) is 6.92 Å². The fraction of sp³-hybridized carbons (Fsp3) is 0.667. The molecule has 4 nitrogen and oxygen atoms in total.